The Kier molecular flexibility index (Phi) is 10.0. The van der Waals surface area contributed by atoms with Crippen LogP contribution in [0.5, 0.6) is 11.5 Å². The highest BCUT2D eigenvalue weighted by molar-refractivity contribution is 6.57. The smallest absolute Gasteiger partial charge is 0.328 e. The molecule has 0 spiro atoms. The highest BCUT2D eigenvalue weighted by atomic mass is 35.5. The zero-order chi connectivity index (χ0) is 24.5. The van der Waals surface area contributed by atoms with E-state index in [9.17, 15) is 9.59 Å². The van der Waals surface area contributed by atoms with Gasteiger partial charge in [0.15, 0.2) is 0 Å². The number of carbonyl (C=O) groups excluding carboxylic acids is 2. The Balaban J connectivity index is 2.33. The minimum absolute atomic E-state index is 0.110. The molecule has 178 valence electrons. The van der Waals surface area contributed by atoms with E-state index in [0.29, 0.717) is 18.1 Å². The highest BCUT2D eigenvalue weighted by Crippen LogP contribution is 2.40. The Bertz CT molecular complexity index is 991. The van der Waals surface area contributed by atoms with E-state index >= 15 is 0 Å². The van der Waals surface area contributed by atoms with E-state index in [1.807, 2.05) is 36.4 Å². The second kappa shape index (κ2) is 12.5. The number of benzene rings is 2. The summed E-state index contributed by atoms with van der Waals surface area (Å²) in [6, 6.07) is 10.4. The summed E-state index contributed by atoms with van der Waals surface area (Å²) < 4.78 is 21.0. The lowest BCUT2D eigenvalue weighted by atomic mass is 9.98. The van der Waals surface area contributed by atoms with Gasteiger partial charge < -0.3 is 24.3 Å². The normalized spacial score (nSPS) is 11.4. The molecular weight excluding hydrogens is 469 g/mol. The summed E-state index contributed by atoms with van der Waals surface area (Å²) in [5.74, 6) is 0.166. The van der Waals surface area contributed by atoms with Gasteiger partial charge in [-0.1, -0.05) is 47.5 Å². The largest absolute Gasteiger partial charge is 0.496 e. The first-order valence-corrected chi connectivity index (χ1v) is 10.7. The second-order valence-corrected chi connectivity index (χ2v) is 8.09. The van der Waals surface area contributed by atoms with Gasteiger partial charge in [-0.3, -0.25) is 4.79 Å². The third-order valence-corrected chi connectivity index (χ3v) is 5.54. The van der Waals surface area contributed by atoms with E-state index in [0.717, 1.165) is 22.3 Å². The molecule has 0 aliphatic rings. The van der Waals surface area contributed by atoms with Gasteiger partial charge in [0.05, 0.1) is 33.5 Å². The molecule has 0 saturated carbocycles. The summed E-state index contributed by atoms with van der Waals surface area (Å²) in [4.78, 5) is 24.5. The lowest BCUT2D eigenvalue weighted by molar-refractivity contribution is -0.144. The Labute approximate surface area is 203 Å². The summed E-state index contributed by atoms with van der Waals surface area (Å²) in [6.45, 7) is 1.89. The predicted octanol–water partition coefficient (Wildman–Crippen LogP) is 4.43. The van der Waals surface area contributed by atoms with E-state index in [4.69, 9.17) is 42.1 Å². The number of carbonyl (C=O) groups is 2. The van der Waals surface area contributed by atoms with E-state index < -0.39 is 17.9 Å². The van der Waals surface area contributed by atoms with Crippen LogP contribution in [0, 0.1) is 0 Å². The van der Waals surface area contributed by atoms with Crippen LogP contribution in [0.1, 0.15) is 18.1 Å². The zero-order valence-corrected chi connectivity index (χ0v) is 20.7. The Hall–Kier alpha value is -2.74. The maximum Gasteiger partial charge on any atom is 0.328 e. The Morgan fingerprint density at radius 3 is 1.97 bits per heavy atom. The molecule has 9 heteroatoms. The molecule has 7 nitrogen and oxygen atoms in total. The van der Waals surface area contributed by atoms with Crippen molar-refractivity contribution in [2.75, 3.05) is 28.4 Å². The topological polar surface area (TPSA) is 83.1 Å². The number of hydrogen-bond donors (Lipinski definition) is 1. The molecule has 2 aromatic rings. The van der Waals surface area contributed by atoms with Crippen LogP contribution in [0.15, 0.2) is 46.5 Å². The molecule has 0 radical (unpaired) electrons. The monoisotopic (exact) mass is 495 g/mol. The van der Waals surface area contributed by atoms with Gasteiger partial charge in [-0.15, -0.1) is 0 Å². The molecule has 2 rings (SSSR count). The molecule has 1 atom stereocenters. The summed E-state index contributed by atoms with van der Waals surface area (Å²) in [5, 5.41) is 2.61. The number of halogens is 2. The van der Waals surface area contributed by atoms with Crippen molar-refractivity contribution in [1.82, 2.24) is 5.32 Å². The third-order valence-electron chi connectivity index (χ3n) is 4.97. The number of hydrogen-bond acceptors (Lipinski definition) is 6. The van der Waals surface area contributed by atoms with Crippen molar-refractivity contribution in [1.29, 1.82) is 0 Å². The minimum Gasteiger partial charge on any atom is -0.496 e. The molecule has 1 N–H and O–H groups in total. The first-order valence-electron chi connectivity index (χ1n) is 9.99. The molecule has 0 saturated heterocycles. The number of esters is 1. The standard InChI is InChI=1S/C24H27Cl2NO6/c1-14(22(25)26)23(28)27-18(24(29)33-5)10-15-6-8-17(9-7-15)21-19(31-3)11-16(13-30-2)12-20(21)32-4/h6-9,11-12,18H,10,13H2,1-5H3,(H,27,28)/t18-/m0/s1. The molecule has 2 aromatic carbocycles. The van der Waals surface area contributed by atoms with Gasteiger partial charge in [-0.2, -0.15) is 0 Å². The molecule has 0 heterocycles. The number of nitrogens with one attached hydrogen (secondary N) is 1. The fourth-order valence-corrected chi connectivity index (χ4v) is 3.40. The van der Waals surface area contributed by atoms with Gasteiger partial charge in [-0.25, -0.2) is 4.79 Å². The van der Waals surface area contributed by atoms with Crippen molar-refractivity contribution >= 4 is 35.1 Å². The molecule has 0 aliphatic carbocycles. The van der Waals surface area contributed by atoms with Crippen LogP contribution in [-0.2, 0) is 32.1 Å². The summed E-state index contributed by atoms with van der Waals surface area (Å²) in [7, 11) is 6.07. The number of methoxy groups -OCH3 is 4. The lowest BCUT2D eigenvalue weighted by Crippen LogP contribution is -2.43. The molecule has 0 bridgehead atoms. The first kappa shape index (κ1) is 26.5. The van der Waals surface area contributed by atoms with Crippen LogP contribution < -0.4 is 14.8 Å². The van der Waals surface area contributed by atoms with Gasteiger partial charge in [0.2, 0.25) is 5.91 Å². The first-order chi connectivity index (χ1) is 15.7. The van der Waals surface area contributed by atoms with Crippen molar-refractivity contribution in [2.24, 2.45) is 0 Å². The maximum atomic E-state index is 12.3. The van der Waals surface area contributed by atoms with E-state index in [1.165, 1.54) is 14.0 Å². The van der Waals surface area contributed by atoms with E-state index in [-0.39, 0.29) is 16.5 Å². The SMILES string of the molecule is COCc1cc(OC)c(-c2ccc(C[C@H](NC(=O)C(C)=C(Cl)Cl)C(=O)OC)cc2)c(OC)c1. The quantitative estimate of drug-likeness (QED) is 0.387. The molecular formula is C24H27Cl2NO6. The molecule has 0 aliphatic heterocycles. The van der Waals surface area contributed by atoms with Crippen molar-refractivity contribution in [3.05, 3.63) is 57.6 Å². The summed E-state index contributed by atoms with van der Waals surface area (Å²) in [5.41, 5.74) is 3.50. The number of amides is 1. The van der Waals surface area contributed by atoms with Gasteiger partial charge in [-0.05, 0) is 35.7 Å². The van der Waals surface area contributed by atoms with Crippen molar-refractivity contribution in [2.45, 2.75) is 26.0 Å². The summed E-state index contributed by atoms with van der Waals surface area (Å²) in [6.07, 6.45) is 0.215. The second-order valence-electron chi connectivity index (χ2n) is 7.14. The number of ether oxygens (including phenoxy) is 4. The van der Waals surface area contributed by atoms with E-state index in [2.05, 4.69) is 5.32 Å². The summed E-state index contributed by atoms with van der Waals surface area (Å²) >= 11 is 11.3. The highest BCUT2D eigenvalue weighted by Gasteiger charge is 2.23. The third kappa shape index (κ3) is 6.87. The van der Waals surface area contributed by atoms with Crippen LogP contribution in [-0.4, -0.2) is 46.4 Å². The van der Waals surface area contributed by atoms with Crippen LogP contribution in [0.4, 0.5) is 0 Å². The molecule has 0 fully saturated rings. The van der Waals surface area contributed by atoms with Crippen molar-refractivity contribution in [3.63, 3.8) is 0 Å². The van der Waals surface area contributed by atoms with Crippen LogP contribution in [0.3, 0.4) is 0 Å². The molecule has 0 aromatic heterocycles. The predicted molar refractivity (Wildman–Crippen MR) is 128 cm³/mol. The molecule has 1 amide bonds. The van der Waals surface area contributed by atoms with Gasteiger partial charge in [0.25, 0.3) is 0 Å². The van der Waals surface area contributed by atoms with Gasteiger partial charge >= 0.3 is 5.97 Å². The Morgan fingerprint density at radius 2 is 1.52 bits per heavy atom. The minimum atomic E-state index is -0.909. The van der Waals surface area contributed by atoms with E-state index in [1.54, 1.807) is 21.3 Å². The fraction of sp³-hybridized carbons (Fsp3) is 0.333. The van der Waals surface area contributed by atoms with Gasteiger partial charge in [0, 0.05) is 19.1 Å². The fourth-order valence-electron chi connectivity index (χ4n) is 3.23. The molecule has 0 unspecified atom stereocenters. The van der Waals surface area contributed by atoms with Crippen molar-refractivity contribution in [3.8, 4) is 22.6 Å². The maximum absolute atomic E-state index is 12.3. The van der Waals surface area contributed by atoms with Crippen LogP contribution >= 0.6 is 23.2 Å². The van der Waals surface area contributed by atoms with Gasteiger partial charge in [0.1, 0.15) is 22.0 Å². The lowest BCUT2D eigenvalue weighted by Gasteiger charge is -2.18. The van der Waals surface area contributed by atoms with Crippen LogP contribution in [0.2, 0.25) is 0 Å². The molecule has 33 heavy (non-hydrogen) atoms. The van der Waals surface area contributed by atoms with Crippen molar-refractivity contribution < 1.29 is 28.5 Å². The zero-order valence-electron chi connectivity index (χ0n) is 19.2. The Morgan fingerprint density at radius 1 is 0.939 bits per heavy atom. The average Bonchev–Trinajstić information content (AvgIpc) is 2.82. The van der Waals surface area contributed by atoms with Crippen LogP contribution in [0.25, 0.3) is 11.1 Å². The average molecular weight is 496 g/mol. The number of rotatable bonds is 10.